The Morgan fingerprint density at radius 3 is 3.00 bits per heavy atom. The lowest BCUT2D eigenvalue weighted by Gasteiger charge is -2.31. The zero-order chi connectivity index (χ0) is 9.10. The summed E-state index contributed by atoms with van der Waals surface area (Å²) in [5.74, 6) is -0.0456. The number of nitrogens with zero attached hydrogens (tertiary/aromatic N) is 1. The van der Waals surface area contributed by atoms with Crippen molar-refractivity contribution < 1.29 is 14.3 Å². The lowest BCUT2D eigenvalue weighted by Crippen LogP contribution is -2.44. The molecule has 0 aromatic heterocycles. The van der Waals surface area contributed by atoms with Crippen LogP contribution in [0.4, 0.5) is 0 Å². The fraction of sp³-hybridized carbons (Fsp3) is 0.889. The first-order chi connectivity index (χ1) is 6.38. The van der Waals surface area contributed by atoms with Crippen molar-refractivity contribution in [1.29, 1.82) is 0 Å². The van der Waals surface area contributed by atoms with E-state index in [4.69, 9.17) is 9.47 Å². The van der Waals surface area contributed by atoms with E-state index in [0.717, 1.165) is 12.8 Å². The van der Waals surface area contributed by atoms with Gasteiger partial charge in [-0.25, -0.2) is 0 Å². The fourth-order valence-corrected chi connectivity index (χ4v) is 1.82. The molecule has 2 saturated heterocycles. The van der Waals surface area contributed by atoms with E-state index in [1.165, 1.54) is 0 Å². The first kappa shape index (κ1) is 8.97. The average molecular weight is 184 g/mol. The van der Waals surface area contributed by atoms with Crippen LogP contribution in [0, 0.1) is 5.92 Å². The van der Waals surface area contributed by atoms with Gasteiger partial charge in [-0.1, -0.05) is 0 Å². The van der Waals surface area contributed by atoms with Crippen molar-refractivity contribution in [3.8, 4) is 0 Å². The molecule has 2 aliphatic heterocycles. The molecule has 0 aliphatic carbocycles. The van der Waals surface area contributed by atoms with Crippen molar-refractivity contribution in [2.24, 2.45) is 5.92 Å². The highest BCUT2D eigenvalue weighted by Crippen LogP contribution is 2.20. The van der Waals surface area contributed by atoms with Crippen LogP contribution in [-0.4, -0.2) is 38.4 Å². The normalized spacial score (nSPS) is 35.5. The Morgan fingerprint density at radius 2 is 2.31 bits per heavy atom. The number of piperidine rings is 1. The Labute approximate surface area is 77.6 Å². The smallest absolute Gasteiger partial charge is 0.246 e. The Kier molecular flexibility index (Phi) is 2.80. The average Bonchev–Trinajstić information content (AvgIpc) is 2.20. The number of amides is 1. The standard InChI is InChI=1S/C9H14NO3/c11-9-7(2-1-3-10-9)8-6-12-4-5-13-8/h7-8H,1-6H2. The summed E-state index contributed by atoms with van der Waals surface area (Å²) >= 11 is 0. The number of hydrogen-bond donors (Lipinski definition) is 0. The zero-order valence-electron chi connectivity index (χ0n) is 7.57. The van der Waals surface area contributed by atoms with E-state index in [-0.39, 0.29) is 17.9 Å². The molecule has 2 heterocycles. The second-order valence-corrected chi connectivity index (χ2v) is 3.45. The van der Waals surface area contributed by atoms with Crippen LogP contribution in [0.3, 0.4) is 0 Å². The van der Waals surface area contributed by atoms with Gasteiger partial charge in [-0.15, -0.1) is 0 Å². The van der Waals surface area contributed by atoms with Crippen molar-refractivity contribution in [1.82, 2.24) is 5.32 Å². The quantitative estimate of drug-likeness (QED) is 0.573. The number of ether oxygens (including phenoxy) is 2. The largest absolute Gasteiger partial charge is 0.376 e. The maximum atomic E-state index is 11.4. The van der Waals surface area contributed by atoms with Crippen LogP contribution in [0.25, 0.3) is 0 Å². The minimum absolute atomic E-state index is 0.00162. The van der Waals surface area contributed by atoms with Crippen molar-refractivity contribution >= 4 is 5.91 Å². The number of carbonyl (C=O) groups excluding carboxylic acids is 1. The lowest BCUT2D eigenvalue weighted by atomic mass is 9.93. The molecule has 2 aliphatic rings. The summed E-state index contributed by atoms with van der Waals surface area (Å²) in [6.07, 6.45) is 1.84. The summed E-state index contributed by atoms with van der Waals surface area (Å²) < 4.78 is 10.7. The molecule has 0 aromatic carbocycles. The monoisotopic (exact) mass is 184 g/mol. The first-order valence-corrected chi connectivity index (χ1v) is 4.78. The second-order valence-electron chi connectivity index (χ2n) is 3.45. The molecule has 2 rings (SSSR count). The predicted molar refractivity (Wildman–Crippen MR) is 45.3 cm³/mol. The molecule has 0 spiro atoms. The van der Waals surface area contributed by atoms with E-state index in [0.29, 0.717) is 26.4 Å². The van der Waals surface area contributed by atoms with Gasteiger partial charge in [0.1, 0.15) is 0 Å². The van der Waals surface area contributed by atoms with Gasteiger partial charge in [0.25, 0.3) is 0 Å². The highest BCUT2D eigenvalue weighted by Gasteiger charge is 2.33. The van der Waals surface area contributed by atoms with Crippen LogP contribution in [0.2, 0.25) is 0 Å². The maximum Gasteiger partial charge on any atom is 0.246 e. The van der Waals surface area contributed by atoms with E-state index in [2.05, 4.69) is 5.32 Å². The molecule has 0 aromatic rings. The molecule has 2 atom stereocenters. The summed E-state index contributed by atoms with van der Waals surface area (Å²) in [6.45, 7) is 2.48. The van der Waals surface area contributed by atoms with Crippen molar-refractivity contribution in [2.75, 3.05) is 26.4 Å². The highest BCUT2D eigenvalue weighted by atomic mass is 16.6. The van der Waals surface area contributed by atoms with Gasteiger partial charge in [0, 0.05) is 6.54 Å². The van der Waals surface area contributed by atoms with Gasteiger partial charge in [-0.3, -0.25) is 10.1 Å². The molecule has 0 saturated carbocycles. The third kappa shape index (κ3) is 2.00. The van der Waals surface area contributed by atoms with Crippen LogP contribution in [-0.2, 0) is 14.3 Å². The Morgan fingerprint density at radius 1 is 1.38 bits per heavy atom. The number of carbonyl (C=O) groups is 1. The molecule has 4 heteroatoms. The van der Waals surface area contributed by atoms with Crippen LogP contribution >= 0.6 is 0 Å². The van der Waals surface area contributed by atoms with E-state index in [1.54, 1.807) is 0 Å². The Bertz CT molecular complexity index is 189. The molecule has 4 nitrogen and oxygen atoms in total. The summed E-state index contributed by atoms with van der Waals surface area (Å²) in [6, 6.07) is 0. The van der Waals surface area contributed by atoms with Gasteiger partial charge in [0.2, 0.25) is 5.91 Å². The summed E-state index contributed by atoms with van der Waals surface area (Å²) in [7, 11) is 0. The predicted octanol–water partition coefficient (Wildman–Crippen LogP) is -0.0572. The molecule has 2 unspecified atom stereocenters. The van der Waals surface area contributed by atoms with Crippen molar-refractivity contribution in [3.05, 3.63) is 0 Å². The molecule has 0 N–H and O–H groups in total. The van der Waals surface area contributed by atoms with Crippen LogP contribution in [0.1, 0.15) is 12.8 Å². The molecular weight excluding hydrogens is 170 g/mol. The summed E-state index contributed by atoms with van der Waals surface area (Å²) in [5.41, 5.74) is 0. The second kappa shape index (κ2) is 4.07. The molecule has 73 valence electrons. The highest BCUT2D eigenvalue weighted by molar-refractivity contribution is 5.79. The third-order valence-electron chi connectivity index (χ3n) is 2.55. The van der Waals surface area contributed by atoms with Crippen molar-refractivity contribution in [3.63, 3.8) is 0 Å². The first-order valence-electron chi connectivity index (χ1n) is 4.78. The molecule has 1 amide bonds. The van der Waals surface area contributed by atoms with Crippen LogP contribution < -0.4 is 5.32 Å². The summed E-state index contributed by atoms with van der Waals surface area (Å²) in [4.78, 5) is 11.4. The molecule has 1 radical (unpaired) electrons. The molecular formula is C9H14NO3. The zero-order valence-corrected chi connectivity index (χ0v) is 7.57. The topological polar surface area (TPSA) is 49.6 Å². The molecule has 13 heavy (non-hydrogen) atoms. The van der Waals surface area contributed by atoms with E-state index >= 15 is 0 Å². The Balaban J connectivity index is 1.92. The van der Waals surface area contributed by atoms with Gasteiger partial charge in [0.05, 0.1) is 31.8 Å². The lowest BCUT2D eigenvalue weighted by molar-refractivity contribution is -0.146. The fourth-order valence-electron chi connectivity index (χ4n) is 1.82. The van der Waals surface area contributed by atoms with Gasteiger partial charge in [-0.2, -0.15) is 0 Å². The number of rotatable bonds is 1. The minimum Gasteiger partial charge on any atom is -0.376 e. The van der Waals surface area contributed by atoms with E-state index in [1.807, 2.05) is 0 Å². The SMILES string of the molecule is O=C1[N]CCCC1C1COCCO1. The van der Waals surface area contributed by atoms with E-state index in [9.17, 15) is 4.79 Å². The van der Waals surface area contributed by atoms with Gasteiger partial charge < -0.3 is 9.47 Å². The van der Waals surface area contributed by atoms with Gasteiger partial charge in [0.15, 0.2) is 0 Å². The van der Waals surface area contributed by atoms with Crippen molar-refractivity contribution in [2.45, 2.75) is 18.9 Å². The number of hydrogen-bond acceptors (Lipinski definition) is 3. The minimum atomic E-state index is -0.0506. The van der Waals surface area contributed by atoms with Gasteiger partial charge in [-0.05, 0) is 12.8 Å². The molecule has 2 fully saturated rings. The van der Waals surface area contributed by atoms with Gasteiger partial charge >= 0.3 is 0 Å². The maximum absolute atomic E-state index is 11.4. The van der Waals surface area contributed by atoms with Crippen LogP contribution in [0.15, 0.2) is 0 Å². The Hall–Kier alpha value is -0.610. The molecule has 0 bridgehead atoms. The summed E-state index contributed by atoms with van der Waals surface area (Å²) in [5, 5.41) is 3.91. The van der Waals surface area contributed by atoms with E-state index < -0.39 is 0 Å². The van der Waals surface area contributed by atoms with Crippen LogP contribution in [0.5, 0.6) is 0 Å². The third-order valence-corrected chi connectivity index (χ3v) is 2.55.